The maximum absolute atomic E-state index is 5.82. The predicted octanol–water partition coefficient (Wildman–Crippen LogP) is 4.64. The molecule has 0 spiro atoms. The lowest BCUT2D eigenvalue weighted by Gasteiger charge is -2.13. The third kappa shape index (κ3) is 4.42. The zero-order valence-corrected chi connectivity index (χ0v) is 11.9. The molecule has 0 atom stereocenters. The van der Waals surface area contributed by atoms with Gasteiger partial charge in [-0.25, -0.2) is 0 Å². The van der Waals surface area contributed by atoms with Crippen LogP contribution >= 0.6 is 0 Å². The second-order valence-corrected chi connectivity index (χ2v) is 4.34. The number of hydrogen-bond donors (Lipinski definition) is 1. The van der Waals surface area contributed by atoms with E-state index >= 15 is 0 Å². The van der Waals surface area contributed by atoms with Gasteiger partial charge in [0.1, 0.15) is 23.9 Å². The average molecular weight is 281 g/mol. The molecule has 1 N–H and O–H groups in total. The molecule has 2 aromatic rings. The fourth-order valence-electron chi connectivity index (χ4n) is 1.79. The second kappa shape index (κ2) is 7.80. The van der Waals surface area contributed by atoms with Crippen LogP contribution in [0.3, 0.4) is 0 Å². The van der Waals surface area contributed by atoms with Gasteiger partial charge in [0.2, 0.25) is 0 Å². The lowest BCUT2D eigenvalue weighted by atomic mass is 10.2. The van der Waals surface area contributed by atoms with Crippen LogP contribution in [0.5, 0.6) is 17.2 Å². The highest BCUT2D eigenvalue weighted by atomic mass is 16.5. The maximum Gasteiger partial charge on any atom is 0.143 e. The van der Waals surface area contributed by atoms with E-state index in [2.05, 4.69) is 18.5 Å². The van der Waals surface area contributed by atoms with Crippen molar-refractivity contribution in [3.63, 3.8) is 0 Å². The number of ether oxygens (including phenoxy) is 2. The first-order valence-electron chi connectivity index (χ1n) is 6.79. The zero-order chi connectivity index (χ0) is 14.9. The molecule has 0 aliphatic heterocycles. The van der Waals surface area contributed by atoms with Crippen LogP contribution in [-0.2, 0) is 0 Å². The van der Waals surface area contributed by atoms with Crippen LogP contribution in [0, 0.1) is 0 Å². The third-order valence-electron chi connectivity index (χ3n) is 2.72. The minimum atomic E-state index is 0.460. The number of para-hydroxylation sites is 1. The van der Waals surface area contributed by atoms with E-state index in [4.69, 9.17) is 9.47 Å². The smallest absolute Gasteiger partial charge is 0.143 e. The average Bonchev–Trinajstić information content (AvgIpc) is 2.53. The van der Waals surface area contributed by atoms with Crippen LogP contribution in [0.25, 0.3) is 0 Å². The van der Waals surface area contributed by atoms with Gasteiger partial charge in [0.15, 0.2) is 0 Å². The van der Waals surface area contributed by atoms with E-state index in [-0.39, 0.29) is 0 Å². The monoisotopic (exact) mass is 281 g/mol. The van der Waals surface area contributed by atoms with Crippen molar-refractivity contribution < 1.29 is 9.47 Å². The van der Waals surface area contributed by atoms with Crippen molar-refractivity contribution in [2.45, 2.75) is 0 Å². The topological polar surface area (TPSA) is 30.5 Å². The molecule has 3 nitrogen and oxygen atoms in total. The van der Waals surface area contributed by atoms with Gasteiger partial charge in [0.05, 0.1) is 5.69 Å². The summed E-state index contributed by atoms with van der Waals surface area (Å²) < 4.78 is 11.4. The molecule has 0 aliphatic carbocycles. The van der Waals surface area contributed by atoms with E-state index in [0.717, 1.165) is 22.9 Å². The standard InChI is InChI=1S/C18H19NO2/c1-3-12-19-17-14-16(10-11-18(17)20-13-4-2)21-15-8-6-5-7-9-15/h3-11,14,19H,1-2,12-13H2. The van der Waals surface area contributed by atoms with Crippen LogP contribution in [-0.4, -0.2) is 13.2 Å². The molecule has 3 heteroatoms. The lowest BCUT2D eigenvalue weighted by Crippen LogP contribution is -2.02. The van der Waals surface area contributed by atoms with Gasteiger partial charge in [-0.15, -0.1) is 6.58 Å². The summed E-state index contributed by atoms with van der Waals surface area (Å²) in [7, 11) is 0. The minimum Gasteiger partial charge on any atom is -0.487 e. The molecule has 0 aromatic heterocycles. The largest absolute Gasteiger partial charge is 0.487 e. The first kappa shape index (κ1) is 14.7. The molecule has 0 unspecified atom stereocenters. The van der Waals surface area contributed by atoms with E-state index in [1.54, 1.807) is 12.2 Å². The Morgan fingerprint density at radius 3 is 2.48 bits per heavy atom. The molecule has 108 valence electrons. The summed E-state index contributed by atoms with van der Waals surface area (Å²) in [4.78, 5) is 0. The Hall–Kier alpha value is -2.68. The summed E-state index contributed by atoms with van der Waals surface area (Å²) in [6, 6.07) is 15.3. The van der Waals surface area contributed by atoms with E-state index in [0.29, 0.717) is 13.2 Å². The zero-order valence-electron chi connectivity index (χ0n) is 11.9. The Labute approximate surface area is 125 Å². The van der Waals surface area contributed by atoms with Crippen LogP contribution in [0.1, 0.15) is 0 Å². The van der Waals surface area contributed by atoms with E-state index in [1.165, 1.54) is 0 Å². The van der Waals surface area contributed by atoms with Crippen molar-refractivity contribution >= 4 is 5.69 Å². The van der Waals surface area contributed by atoms with Gasteiger partial charge in [0, 0.05) is 12.6 Å². The summed E-state index contributed by atoms with van der Waals surface area (Å²) in [6.07, 6.45) is 3.51. The molecule has 0 heterocycles. The van der Waals surface area contributed by atoms with Gasteiger partial charge in [-0.1, -0.05) is 36.9 Å². The molecule has 0 bridgehead atoms. The highest BCUT2D eigenvalue weighted by molar-refractivity contribution is 5.60. The number of nitrogens with one attached hydrogen (secondary N) is 1. The van der Waals surface area contributed by atoms with Crippen molar-refractivity contribution in [1.29, 1.82) is 0 Å². The van der Waals surface area contributed by atoms with Crippen molar-refractivity contribution in [3.05, 3.63) is 73.8 Å². The third-order valence-corrected chi connectivity index (χ3v) is 2.72. The van der Waals surface area contributed by atoms with Crippen LogP contribution in [0.4, 0.5) is 5.69 Å². The van der Waals surface area contributed by atoms with Gasteiger partial charge < -0.3 is 14.8 Å². The minimum absolute atomic E-state index is 0.460. The lowest BCUT2D eigenvalue weighted by molar-refractivity contribution is 0.364. The fourth-order valence-corrected chi connectivity index (χ4v) is 1.79. The Morgan fingerprint density at radius 2 is 1.76 bits per heavy atom. The summed E-state index contributed by atoms with van der Waals surface area (Å²) in [5.41, 5.74) is 0.866. The number of benzene rings is 2. The van der Waals surface area contributed by atoms with Crippen molar-refractivity contribution in [2.75, 3.05) is 18.5 Å². The Balaban J connectivity index is 2.18. The van der Waals surface area contributed by atoms with E-state index < -0.39 is 0 Å². The van der Waals surface area contributed by atoms with Gasteiger partial charge in [-0.05, 0) is 24.3 Å². The molecular formula is C18H19NO2. The highest BCUT2D eigenvalue weighted by Crippen LogP contribution is 2.31. The van der Waals surface area contributed by atoms with Gasteiger partial charge in [-0.3, -0.25) is 0 Å². The second-order valence-electron chi connectivity index (χ2n) is 4.34. The van der Waals surface area contributed by atoms with Gasteiger partial charge >= 0.3 is 0 Å². The number of hydrogen-bond acceptors (Lipinski definition) is 3. The first-order chi connectivity index (χ1) is 10.3. The quantitative estimate of drug-likeness (QED) is 0.715. The summed E-state index contributed by atoms with van der Waals surface area (Å²) >= 11 is 0. The Morgan fingerprint density at radius 1 is 0.952 bits per heavy atom. The highest BCUT2D eigenvalue weighted by Gasteiger charge is 2.06. The molecule has 2 rings (SSSR count). The van der Waals surface area contributed by atoms with Crippen LogP contribution < -0.4 is 14.8 Å². The van der Waals surface area contributed by atoms with E-state index in [9.17, 15) is 0 Å². The number of anilines is 1. The van der Waals surface area contributed by atoms with Crippen LogP contribution in [0.15, 0.2) is 73.8 Å². The molecule has 21 heavy (non-hydrogen) atoms. The molecule has 0 aliphatic rings. The Kier molecular flexibility index (Phi) is 5.47. The molecule has 2 aromatic carbocycles. The van der Waals surface area contributed by atoms with Gasteiger partial charge in [0.25, 0.3) is 0 Å². The van der Waals surface area contributed by atoms with Crippen molar-refractivity contribution in [2.24, 2.45) is 0 Å². The molecular weight excluding hydrogens is 262 g/mol. The summed E-state index contributed by atoms with van der Waals surface area (Å²) in [5.74, 6) is 2.31. The molecule has 0 amide bonds. The summed E-state index contributed by atoms with van der Waals surface area (Å²) in [5, 5.41) is 3.24. The van der Waals surface area contributed by atoms with Crippen molar-refractivity contribution in [1.82, 2.24) is 0 Å². The maximum atomic E-state index is 5.82. The first-order valence-corrected chi connectivity index (χ1v) is 6.79. The summed E-state index contributed by atoms with van der Waals surface area (Å²) in [6.45, 7) is 8.47. The fraction of sp³-hybridized carbons (Fsp3) is 0.111. The SMILES string of the molecule is C=CCNc1cc(Oc2ccccc2)ccc1OCC=C. The molecule has 0 fully saturated rings. The molecule has 0 radical (unpaired) electrons. The van der Waals surface area contributed by atoms with Crippen LogP contribution in [0.2, 0.25) is 0 Å². The normalized spacial score (nSPS) is 9.71. The Bertz CT molecular complexity index is 593. The molecule has 0 saturated carbocycles. The number of rotatable bonds is 8. The van der Waals surface area contributed by atoms with Gasteiger partial charge in [-0.2, -0.15) is 0 Å². The van der Waals surface area contributed by atoms with Crippen molar-refractivity contribution in [3.8, 4) is 17.2 Å². The predicted molar refractivity (Wildman–Crippen MR) is 87.3 cm³/mol. The van der Waals surface area contributed by atoms with E-state index in [1.807, 2.05) is 48.5 Å². The molecule has 0 saturated heterocycles.